The van der Waals surface area contributed by atoms with Gasteiger partial charge in [-0.1, -0.05) is 19.9 Å². The molecule has 3 aliphatic rings. The van der Waals surface area contributed by atoms with Gasteiger partial charge >= 0.3 is 6.18 Å². The van der Waals surface area contributed by atoms with Crippen LogP contribution < -0.4 is 4.90 Å². The van der Waals surface area contributed by atoms with Crippen molar-refractivity contribution in [2.45, 2.75) is 52.1 Å². The first-order valence-electron chi connectivity index (χ1n) is 13.2. The molecule has 5 nitrogen and oxygen atoms in total. The second kappa shape index (κ2) is 11.1. The number of alkyl halides is 3. The maximum absolute atomic E-state index is 13.9. The third-order valence-corrected chi connectivity index (χ3v) is 8.03. The Kier molecular flexibility index (Phi) is 8.31. The summed E-state index contributed by atoms with van der Waals surface area (Å²) in [5, 5.41) is 0. The van der Waals surface area contributed by atoms with Gasteiger partial charge < -0.3 is 19.4 Å². The molecule has 0 spiro atoms. The molecule has 3 saturated heterocycles. The Morgan fingerprint density at radius 2 is 1.71 bits per heavy atom. The first-order chi connectivity index (χ1) is 16.7. The van der Waals surface area contributed by atoms with Gasteiger partial charge in [0.05, 0.1) is 11.0 Å². The second-order valence-electron chi connectivity index (χ2n) is 11.1. The van der Waals surface area contributed by atoms with Gasteiger partial charge in [0.15, 0.2) is 0 Å². The minimum atomic E-state index is -4.35. The predicted octanol–water partition coefficient (Wildman–Crippen LogP) is 4.91. The van der Waals surface area contributed by atoms with Gasteiger partial charge in [-0.3, -0.25) is 4.79 Å². The highest BCUT2D eigenvalue weighted by molar-refractivity contribution is 5.83. The zero-order valence-electron chi connectivity index (χ0n) is 21.2. The van der Waals surface area contributed by atoms with Gasteiger partial charge in [0, 0.05) is 51.6 Å². The Labute approximate surface area is 207 Å². The number of anilines is 1. The predicted molar refractivity (Wildman–Crippen MR) is 131 cm³/mol. The standard InChI is InChI=1S/C27H40F3N3O2/c1-21(2)19-26(8-10-31(11-9-26)20-22-6-16-35-17-7-22)25(34)33-14-12-32(13-15-33)24-5-3-4-23(18-24)27(28,29)30/h3-5,18,21-22H,6-17,19-20H2,1-2H3. The van der Waals surface area contributed by atoms with E-state index in [0.717, 1.165) is 71.0 Å². The van der Waals surface area contributed by atoms with Crippen LogP contribution in [-0.2, 0) is 15.7 Å². The van der Waals surface area contributed by atoms with Crippen molar-refractivity contribution in [2.24, 2.45) is 17.3 Å². The number of hydrogen-bond donors (Lipinski definition) is 0. The van der Waals surface area contributed by atoms with Crippen LogP contribution in [0.25, 0.3) is 0 Å². The second-order valence-corrected chi connectivity index (χ2v) is 11.1. The molecule has 8 heteroatoms. The fourth-order valence-electron chi connectivity index (χ4n) is 6.13. The van der Waals surface area contributed by atoms with Crippen molar-refractivity contribution in [1.29, 1.82) is 0 Å². The summed E-state index contributed by atoms with van der Waals surface area (Å²) < 4.78 is 44.9. The zero-order chi connectivity index (χ0) is 25.1. The van der Waals surface area contributed by atoms with Crippen molar-refractivity contribution in [3.63, 3.8) is 0 Å². The van der Waals surface area contributed by atoms with Gasteiger partial charge in [-0.15, -0.1) is 0 Å². The molecule has 196 valence electrons. The molecule has 0 aliphatic carbocycles. The van der Waals surface area contributed by atoms with Gasteiger partial charge in [0.2, 0.25) is 5.91 Å². The van der Waals surface area contributed by atoms with Crippen LogP contribution in [0.15, 0.2) is 24.3 Å². The molecule has 4 rings (SSSR count). The van der Waals surface area contributed by atoms with E-state index in [9.17, 15) is 18.0 Å². The maximum atomic E-state index is 13.9. The van der Waals surface area contributed by atoms with E-state index < -0.39 is 11.7 Å². The summed E-state index contributed by atoms with van der Waals surface area (Å²) in [5.41, 5.74) is -0.374. The Morgan fingerprint density at radius 3 is 2.31 bits per heavy atom. The average Bonchev–Trinajstić information content (AvgIpc) is 2.85. The molecule has 1 amide bonds. The highest BCUT2D eigenvalue weighted by Crippen LogP contribution is 2.40. The van der Waals surface area contributed by atoms with Crippen LogP contribution in [0.1, 0.15) is 51.5 Å². The van der Waals surface area contributed by atoms with Gasteiger partial charge in [-0.2, -0.15) is 13.2 Å². The molecule has 0 bridgehead atoms. The molecule has 35 heavy (non-hydrogen) atoms. The van der Waals surface area contributed by atoms with E-state index in [2.05, 4.69) is 18.7 Å². The number of halogens is 3. The summed E-state index contributed by atoms with van der Waals surface area (Å²) in [7, 11) is 0. The number of piperidine rings is 1. The monoisotopic (exact) mass is 495 g/mol. The van der Waals surface area contributed by atoms with Crippen molar-refractivity contribution in [3.05, 3.63) is 29.8 Å². The SMILES string of the molecule is CC(C)CC1(C(=O)N2CCN(c3cccc(C(F)(F)F)c3)CC2)CCN(CC2CCOCC2)CC1. The number of hydrogen-bond acceptors (Lipinski definition) is 4. The first kappa shape index (κ1) is 26.3. The van der Waals surface area contributed by atoms with Crippen molar-refractivity contribution in [2.75, 3.05) is 63.9 Å². The van der Waals surface area contributed by atoms with Crippen molar-refractivity contribution >= 4 is 11.6 Å². The fourth-order valence-corrected chi connectivity index (χ4v) is 6.13. The molecule has 0 aromatic heterocycles. The summed E-state index contributed by atoms with van der Waals surface area (Å²) in [6.07, 6.45) is 0.578. The third-order valence-electron chi connectivity index (χ3n) is 8.03. The van der Waals surface area contributed by atoms with Crippen molar-refractivity contribution in [1.82, 2.24) is 9.80 Å². The van der Waals surface area contributed by atoms with Crippen LogP contribution in [0.2, 0.25) is 0 Å². The highest BCUT2D eigenvalue weighted by atomic mass is 19.4. The molecule has 0 atom stereocenters. The zero-order valence-corrected chi connectivity index (χ0v) is 21.2. The number of nitrogens with zero attached hydrogens (tertiary/aromatic N) is 3. The van der Waals surface area contributed by atoms with Crippen LogP contribution in [0.3, 0.4) is 0 Å². The molecule has 3 aliphatic heterocycles. The minimum absolute atomic E-state index is 0.251. The first-order valence-corrected chi connectivity index (χ1v) is 13.2. The lowest BCUT2D eigenvalue weighted by Crippen LogP contribution is -2.56. The molecule has 0 saturated carbocycles. The van der Waals surface area contributed by atoms with E-state index in [1.165, 1.54) is 12.1 Å². The number of rotatable bonds is 6. The molecule has 1 aromatic carbocycles. The van der Waals surface area contributed by atoms with Gasteiger partial charge in [0.25, 0.3) is 0 Å². The lowest BCUT2D eigenvalue weighted by Gasteiger charge is -2.46. The number of carbonyl (C=O) groups is 1. The molecular formula is C27H40F3N3O2. The van der Waals surface area contributed by atoms with E-state index in [0.29, 0.717) is 43.7 Å². The van der Waals surface area contributed by atoms with Crippen molar-refractivity contribution in [3.8, 4) is 0 Å². The number of amides is 1. The lowest BCUT2D eigenvalue weighted by atomic mass is 9.71. The molecule has 0 N–H and O–H groups in total. The van der Waals surface area contributed by atoms with E-state index >= 15 is 0 Å². The Hall–Kier alpha value is -1.80. The van der Waals surface area contributed by atoms with E-state index in [-0.39, 0.29) is 11.3 Å². The third kappa shape index (κ3) is 6.50. The van der Waals surface area contributed by atoms with Crippen LogP contribution >= 0.6 is 0 Å². The number of benzene rings is 1. The van der Waals surface area contributed by atoms with Crippen LogP contribution in [0, 0.1) is 17.3 Å². The maximum Gasteiger partial charge on any atom is 0.416 e. The summed E-state index contributed by atoms with van der Waals surface area (Å²) in [4.78, 5) is 20.3. The van der Waals surface area contributed by atoms with Gasteiger partial charge in [0.1, 0.15) is 0 Å². The molecular weight excluding hydrogens is 455 g/mol. The summed E-state index contributed by atoms with van der Waals surface area (Å²) >= 11 is 0. The highest BCUT2D eigenvalue weighted by Gasteiger charge is 2.44. The van der Waals surface area contributed by atoms with E-state index in [4.69, 9.17) is 4.74 Å². The topological polar surface area (TPSA) is 36.0 Å². The normalized spacial score (nSPS) is 22.6. The molecule has 3 heterocycles. The Morgan fingerprint density at radius 1 is 1.06 bits per heavy atom. The average molecular weight is 496 g/mol. The lowest BCUT2D eigenvalue weighted by molar-refractivity contribution is -0.147. The van der Waals surface area contributed by atoms with Gasteiger partial charge in [-0.25, -0.2) is 0 Å². The van der Waals surface area contributed by atoms with Gasteiger partial charge in [-0.05, 0) is 75.2 Å². The molecule has 0 unspecified atom stereocenters. The Bertz CT molecular complexity index is 838. The van der Waals surface area contributed by atoms with Crippen molar-refractivity contribution < 1.29 is 22.7 Å². The molecule has 0 radical (unpaired) electrons. The largest absolute Gasteiger partial charge is 0.416 e. The van der Waals surface area contributed by atoms with E-state index in [1.54, 1.807) is 6.07 Å². The molecule has 3 fully saturated rings. The fraction of sp³-hybridized carbons (Fsp3) is 0.741. The van der Waals surface area contributed by atoms with E-state index in [1.807, 2.05) is 9.80 Å². The quantitative estimate of drug-likeness (QED) is 0.562. The number of ether oxygens (including phenoxy) is 1. The Balaban J connectivity index is 1.36. The van der Waals surface area contributed by atoms with Crippen LogP contribution in [-0.4, -0.2) is 74.7 Å². The minimum Gasteiger partial charge on any atom is -0.381 e. The molecule has 1 aromatic rings. The number of carbonyl (C=O) groups excluding carboxylic acids is 1. The van der Waals surface area contributed by atoms with Crippen LogP contribution in [0.4, 0.5) is 18.9 Å². The number of likely N-dealkylation sites (tertiary alicyclic amines) is 1. The summed E-state index contributed by atoms with van der Waals surface area (Å²) in [5.74, 6) is 1.38. The smallest absolute Gasteiger partial charge is 0.381 e. The summed E-state index contributed by atoms with van der Waals surface area (Å²) in [6, 6.07) is 5.50. The summed E-state index contributed by atoms with van der Waals surface area (Å²) in [6.45, 7) is 11.3. The number of piperazine rings is 1. The van der Waals surface area contributed by atoms with Crippen LogP contribution in [0.5, 0.6) is 0 Å².